The highest BCUT2D eigenvalue weighted by atomic mass is 16.5. The number of para-hydroxylation sites is 2. The van der Waals surface area contributed by atoms with E-state index in [-0.39, 0.29) is 12.5 Å². The van der Waals surface area contributed by atoms with E-state index in [1.54, 1.807) is 36.5 Å². The Hall–Kier alpha value is -3.55. The van der Waals surface area contributed by atoms with Gasteiger partial charge in [-0.3, -0.25) is 9.78 Å². The number of aromatic amines is 1. The van der Waals surface area contributed by atoms with Crippen LogP contribution in [-0.4, -0.2) is 42.9 Å². The van der Waals surface area contributed by atoms with Gasteiger partial charge in [-0.2, -0.15) is 4.98 Å². The number of carbonyl (C=O) groups is 1. The molecular formula is C19H18N6O2. The van der Waals surface area contributed by atoms with Gasteiger partial charge in [-0.25, -0.2) is 4.98 Å². The molecule has 3 aromatic heterocycles. The molecule has 0 aliphatic carbocycles. The van der Waals surface area contributed by atoms with E-state index in [2.05, 4.69) is 25.1 Å². The minimum atomic E-state index is -0.0147. The number of imidazole rings is 1. The van der Waals surface area contributed by atoms with E-state index >= 15 is 0 Å². The Balaban J connectivity index is 1.34. The molecule has 0 fully saturated rings. The van der Waals surface area contributed by atoms with Crippen molar-refractivity contribution in [3.63, 3.8) is 0 Å². The first-order valence-corrected chi connectivity index (χ1v) is 8.59. The summed E-state index contributed by atoms with van der Waals surface area (Å²) in [6, 6.07) is 11.4. The third kappa shape index (κ3) is 3.84. The number of pyridine rings is 1. The fourth-order valence-corrected chi connectivity index (χ4v) is 2.77. The summed E-state index contributed by atoms with van der Waals surface area (Å²) in [6.07, 6.45) is 4.23. The van der Waals surface area contributed by atoms with Gasteiger partial charge in [0.1, 0.15) is 5.82 Å². The fraction of sp³-hybridized carbons (Fsp3) is 0.211. The van der Waals surface area contributed by atoms with Crippen molar-refractivity contribution in [2.45, 2.75) is 19.4 Å². The molecule has 1 aromatic carbocycles. The van der Waals surface area contributed by atoms with Crippen LogP contribution < -0.4 is 0 Å². The predicted molar refractivity (Wildman–Crippen MR) is 98.4 cm³/mol. The summed E-state index contributed by atoms with van der Waals surface area (Å²) in [4.78, 5) is 30.0. The zero-order valence-corrected chi connectivity index (χ0v) is 14.8. The molecule has 0 radical (unpaired) electrons. The smallest absolute Gasteiger partial charge is 0.246 e. The number of aryl methyl sites for hydroxylation is 1. The van der Waals surface area contributed by atoms with E-state index in [0.717, 1.165) is 22.4 Å². The van der Waals surface area contributed by atoms with Crippen molar-refractivity contribution in [1.82, 2.24) is 30.0 Å². The lowest BCUT2D eigenvalue weighted by Crippen LogP contribution is -2.26. The summed E-state index contributed by atoms with van der Waals surface area (Å²) in [7, 11) is 1.72. The Morgan fingerprint density at radius 2 is 1.96 bits per heavy atom. The van der Waals surface area contributed by atoms with Crippen LogP contribution in [0.15, 0.2) is 53.3 Å². The summed E-state index contributed by atoms with van der Waals surface area (Å²) >= 11 is 0. The van der Waals surface area contributed by atoms with Gasteiger partial charge in [-0.05, 0) is 24.3 Å². The third-order valence-corrected chi connectivity index (χ3v) is 4.22. The van der Waals surface area contributed by atoms with Crippen LogP contribution in [0.5, 0.6) is 0 Å². The van der Waals surface area contributed by atoms with Crippen LogP contribution in [0.2, 0.25) is 0 Å². The number of nitrogens with zero attached hydrogens (tertiary/aromatic N) is 5. The van der Waals surface area contributed by atoms with Crippen LogP contribution in [0.3, 0.4) is 0 Å². The van der Waals surface area contributed by atoms with Gasteiger partial charge in [-0.1, -0.05) is 17.3 Å². The van der Waals surface area contributed by atoms with Crippen molar-refractivity contribution in [3.05, 3.63) is 60.5 Å². The number of rotatable bonds is 6. The van der Waals surface area contributed by atoms with Gasteiger partial charge in [0.05, 0.1) is 17.6 Å². The van der Waals surface area contributed by atoms with Gasteiger partial charge in [0.2, 0.25) is 17.6 Å². The lowest BCUT2D eigenvalue weighted by Gasteiger charge is -2.14. The monoisotopic (exact) mass is 362 g/mol. The van der Waals surface area contributed by atoms with Crippen LogP contribution >= 0.6 is 0 Å². The van der Waals surface area contributed by atoms with Crippen LogP contribution in [0, 0.1) is 0 Å². The summed E-state index contributed by atoms with van der Waals surface area (Å²) in [6.45, 7) is 0.261. The second-order valence-corrected chi connectivity index (χ2v) is 6.20. The number of benzene rings is 1. The van der Waals surface area contributed by atoms with Crippen molar-refractivity contribution in [2.24, 2.45) is 0 Å². The zero-order valence-electron chi connectivity index (χ0n) is 14.8. The molecule has 8 nitrogen and oxygen atoms in total. The summed E-state index contributed by atoms with van der Waals surface area (Å²) < 4.78 is 5.25. The van der Waals surface area contributed by atoms with Crippen molar-refractivity contribution < 1.29 is 9.32 Å². The minimum absolute atomic E-state index is 0.0147. The maximum atomic E-state index is 12.4. The van der Waals surface area contributed by atoms with E-state index in [0.29, 0.717) is 24.6 Å². The Morgan fingerprint density at radius 3 is 2.78 bits per heavy atom. The third-order valence-electron chi connectivity index (χ3n) is 4.22. The molecule has 0 atom stereocenters. The largest absolute Gasteiger partial charge is 0.342 e. The van der Waals surface area contributed by atoms with E-state index in [1.165, 1.54) is 0 Å². The van der Waals surface area contributed by atoms with E-state index in [9.17, 15) is 4.79 Å². The molecule has 0 aliphatic heterocycles. The Bertz CT molecular complexity index is 1020. The summed E-state index contributed by atoms with van der Waals surface area (Å²) in [5, 5.41) is 3.95. The topological polar surface area (TPSA) is 101 Å². The molecule has 0 bridgehead atoms. The quantitative estimate of drug-likeness (QED) is 0.566. The molecular weight excluding hydrogens is 344 g/mol. The SMILES string of the molecule is CN(Cc1nc(-c2ccncc2)no1)C(=O)CCc1nc2ccccc2[nH]1. The van der Waals surface area contributed by atoms with Crippen LogP contribution in [-0.2, 0) is 17.8 Å². The highest BCUT2D eigenvalue weighted by Gasteiger charge is 2.15. The first-order valence-electron chi connectivity index (χ1n) is 8.59. The number of fused-ring (bicyclic) bond motifs is 1. The fourth-order valence-electron chi connectivity index (χ4n) is 2.77. The van der Waals surface area contributed by atoms with Gasteiger partial charge in [0.15, 0.2) is 0 Å². The number of H-pyrrole nitrogens is 1. The maximum Gasteiger partial charge on any atom is 0.246 e. The van der Waals surface area contributed by atoms with Crippen LogP contribution in [0.1, 0.15) is 18.1 Å². The second kappa shape index (κ2) is 7.36. The van der Waals surface area contributed by atoms with Gasteiger partial charge in [0, 0.05) is 37.8 Å². The zero-order chi connectivity index (χ0) is 18.6. The number of hydrogen-bond acceptors (Lipinski definition) is 6. The molecule has 0 aliphatic rings. The number of hydrogen-bond donors (Lipinski definition) is 1. The minimum Gasteiger partial charge on any atom is -0.342 e. The van der Waals surface area contributed by atoms with E-state index in [4.69, 9.17) is 4.52 Å². The molecule has 8 heteroatoms. The molecule has 0 saturated carbocycles. The lowest BCUT2D eigenvalue weighted by atomic mass is 10.2. The maximum absolute atomic E-state index is 12.4. The molecule has 4 aromatic rings. The van der Waals surface area contributed by atoms with Crippen LogP contribution in [0.4, 0.5) is 0 Å². The first-order chi connectivity index (χ1) is 13.2. The standard InChI is InChI=1S/C19H18N6O2/c1-25(12-17-23-19(24-27-17)13-8-10-20-11-9-13)18(26)7-6-16-21-14-4-2-3-5-15(14)22-16/h2-5,8-11H,6-7,12H2,1H3,(H,21,22). The molecule has 27 heavy (non-hydrogen) atoms. The molecule has 1 N–H and O–H groups in total. The highest BCUT2D eigenvalue weighted by molar-refractivity contribution is 5.77. The van der Waals surface area contributed by atoms with Gasteiger partial charge in [-0.15, -0.1) is 0 Å². The van der Waals surface area contributed by atoms with Gasteiger partial charge < -0.3 is 14.4 Å². The molecule has 0 spiro atoms. The number of amides is 1. The molecule has 4 rings (SSSR count). The second-order valence-electron chi connectivity index (χ2n) is 6.20. The molecule has 3 heterocycles. The summed E-state index contributed by atoms with van der Waals surface area (Å²) in [5.74, 6) is 1.66. The molecule has 0 saturated heterocycles. The van der Waals surface area contributed by atoms with E-state index < -0.39 is 0 Å². The Labute approximate surface area is 155 Å². The van der Waals surface area contributed by atoms with Crippen molar-refractivity contribution in [3.8, 4) is 11.4 Å². The number of carbonyl (C=O) groups excluding carboxylic acids is 1. The summed E-state index contributed by atoms with van der Waals surface area (Å²) in [5.41, 5.74) is 2.70. The van der Waals surface area contributed by atoms with Crippen molar-refractivity contribution in [1.29, 1.82) is 0 Å². The number of nitrogens with one attached hydrogen (secondary N) is 1. The van der Waals surface area contributed by atoms with Crippen molar-refractivity contribution >= 4 is 16.9 Å². The number of aromatic nitrogens is 5. The van der Waals surface area contributed by atoms with Crippen LogP contribution in [0.25, 0.3) is 22.4 Å². The van der Waals surface area contributed by atoms with Gasteiger partial charge >= 0.3 is 0 Å². The Kier molecular flexibility index (Phi) is 4.61. The molecule has 136 valence electrons. The molecule has 1 amide bonds. The first kappa shape index (κ1) is 16.9. The van der Waals surface area contributed by atoms with Crippen molar-refractivity contribution in [2.75, 3.05) is 7.05 Å². The predicted octanol–water partition coefficient (Wildman–Crippen LogP) is 2.60. The normalized spacial score (nSPS) is 11.0. The van der Waals surface area contributed by atoms with Gasteiger partial charge in [0.25, 0.3) is 0 Å². The average molecular weight is 362 g/mol. The average Bonchev–Trinajstić information content (AvgIpc) is 3.33. The van der Waals surface area contributed by atoms with E-state index in [1.807, 2.05) is 24.3 Å². The molecule has 0 unspecified atom stereocenters. The highest BCUT2D eigenvalue weighted by Crippen LogP contribution is 2.15. The lowest BCUT2D eigenvalue weighted by molar-refractivity contribution is -0.130. The Morgan fingerprint density at radius 1 is 1.15 bits per heavy atom.